The number of carbonyl (C=O) groups excluding carboxylic acids is 1. The van der Waals surface area contributed by atoms with Crippen LogP contribution >= 0.6 is 0 Å². The van der Waals surface area contributed by atoms with Gasteiger partial charge in [0.1, 0.15) is 11.5 Å². The van der Waals surface area contributed by atoms with E-state index >= 15 is 0 Å². The monoisotopic (exact) mass is 434 g/mol. The molecule has 1 saturated heterocycles. The van der Waals surface area contributed by atoms with Crippen LogP contribution in [-0.2, 0) is 11.3 Å². The molecule has 0 unspecified atom stereocenters. The predicted octanol–water partition coefficient (Wildman–Crippen LogP) is 2.04. The molecule has 166 valence electrons. The number of hydrogen-bond donors (Lipinski definition) is 0. The molecule has 2 aromatic carbocycles. The fourth-order valence-corrected chi connectivity index (χ4v) is 3.54. The summed E-state index contributed by atoms with van der Waals surface area (Å²) in [5.41, 5.74) is 1.84. The van der Waals surface area contributed by atoms with Gasteiger partial charge in [-0.2, -0.15) is 4.68 Å². The van der Waals surface area contributed by atoms with Crippen molar-refractivity contribution in [1.82, 2.24) is 30.0 Å². The van der Waals surface area contributed by atoms with E-state index in [1.54, 1.807) is 25.0 Å². The van der Waals surface area contributed by atoms with Gasteiger partial charge in [0.25, 0.3) is 0 Å². The van der Waals surface area contributed by atoms with E-state index in [2.05, 4.69) is 20.4 Å². The molecule has 0 spiro atoms. The van der Waals surface area contributed by atoms with Crippen molar-refractivity contribution in [2.24, 2.45) is 0 Å². The van der Waals surface area contributed by atoms with Crippen LogP contribution in [-0.4, -0.2) is 76.3 Å². The first-order valence-corrected chi connectivity index (χ1v) is 10.4. The number of nitrogens with zero attached hydrogens (tertiary/aromatic N) is 6. The van der Waals surface area contributed by atoms with Gasteiger partial charge in [0.05, 0.1) is 26.5 Å². The molecule has 1 aromatic heterocycles. The largest absolute Gasteiger partial charge is 0.497 e. The Hall–Kier alpha value is -3.72. The van der Waals surface area contributed by atoms with Crippen molar-refractivity contribution in [2.75, 3.05) is 40.4 Å². The van der Waals surface area contributed by atoms with Crippen LogP contribution in [0.3, 0.4) is 0 Å². The molecular formula is C23H26N6O3. The lowest BCUT2D eigenvalue weighted by atomic mass is 10.2. The Morgan fingerprint density at radius 1 is 0.938 bits per heavy atom. The summed E-state index contributed by atoms with van der Waals surface area (Å²) in [5.74, 6) is 2.35. The fourth-order valence-electron chi connectivity index (χ4n) is 3.54. The van der Waals surface area contributed by atoms with Crippen LogP contribution in [0.5, 0.6) is 11.5 Å². The summed E-state index contributed by atoms with van der Waals surface area (Å²) in [5, 5.41) is 12.1. The Labute approximate surface area is 186 Å². The zero-order valence-corrected chi connectivity index (χ0v) is 18.2. The highest BCUT2D eigenvalue weighted by Crippen LogP contribution is 2.16. The third kappa shape index (κ3) is 5.12. The molecule has 2 heterocycles. The van der Waals surface area contributed by atoms with E-state index in [4.69, 9.17) is 9.47 Å². The first kappa shape index (κ1) is 21.5. The summed E-state index contributed by atoms with van der Waals surface area (Å²) in [7, 11) is 3.27. The maximum absolute atomic E-state index is 12.6. The van der Waals surface area contributed by atoms with Crippen molar-refractivity contribution >= 4 is 12.0 Å². The highest BCUT2D eigenvalue weighted by atomic mass is 16.5. The predicted molar refractivity (Wildman–Crippen MR) is 120 cm³/mol. The van der Waals surface area contributed by atoms with Gasteiger partial charge in [-0.15, -0.1) is 5.10 Å². The highest BCUT2D eigenvalue weighted by molar-refractivity contribution is 5.91. The molecule has 0 saturated carbocycles. The van der Waals surface area contributed by atoms with Crippen LogP contribution in [0.15, 0.2) is 54.6 Å². The first-order chi connectivity index (χ1) is 15.7. The van der Waals surface area contributed by atoms with E-state index in [0.29, 0.717) is 19.6 Å². The molecule has 32 heavy (non-hydrogen) atoms. The second-order valence-corrected chi connectivity index (χ2v) is 7.41. The average Bonchev–Trinajstić information content (AvgIpc) is 3.31. The maximum Gasteiger partial charge on any atom is 0.246 e. The van der Waals surface area contributed by atoms with Gasteiger partial charge in [-0.1, -0.05) is 12.1 Å². The Morgan fingerprint density at radius 3 is 2.19 bits per heavy atom. The van der Waals surface area contributed by atoms with E-state index in [1.165, 1.54) is 0 Å². The van der Waals surface area contributed by atoms with Gasteiger partial charge in [-0.25, -0.2) is 0 Å². The summed E-state index contributed by atoms with van der Waals surface area (Å²) in [6, 6.07) is 15.2. The van der Waals surface area contributed by atoms with Gasteiger partial charge in [-0.05, 0) is 58.5 Å². The van der Waals surface area contributed by atoms with Gasteiger partial charge in [0, 0.05) is 32.3 Å². The van der Waals surface area contributed by atoms with Crippen LogP contribution in [0.1, 0.15) is 11.4 Å². The molecule has 1 amide bonds. The van der Waals surface area contributed by atoms with Crippen molar-refractivity contribution in [1.29, 1.82) is 0 Å². The number of ether oxygens (including phenoxy) is 2. The maximum atomic E-state index is 12.6. The number of benzene rings is 2. The van der Waals surface area contributed by atoms with E-state index in [-0.39, 0.29) is 5.91 Å². The second-order valence-electron chi connectivity index (χ2n) is 7.41. The minimum absolute atomic E-state index is 0.0172. The summed E-state index contributed by atoms with van der Waals surface area (Å²) in [6.07, 6.45) is 3.46. The van der Waals surface area contributed by atoms with Crippen molar-refractivity contribution in [3.05, 3.63) is 66.0 Å². The highest BCUT2D eigenvalue weighted by Gasteiger charge is 2.21. The molecule has 1 fully saturated rings. The second kappa shape index (κ2) is 10.1. The number of carbonyl (C=O) groups is 1. The molecule has 1 aliphatic heterocycles. The van der Waals surface area contributed by atoms with Gasteiger partial charge in [-0.3, -0.25) is 9.69 Å². The Morgan fingerprint density at radius 2 is 1.56 bits per heavy atom. The number of amides is 1. The number of methoxy groups -OCH3 is 2. The van der Waals surface area contributed by atoms with Crippen LogP contribution in [0, 0.1) is 0 Å². The summed E-state index contributed by atoms with van der Waals surface area (Å²) >= 11 is 0. The standard InChI is InChI=1S/C23H26N6O3/c1-31-20-8-3-18(4-9-20)5-12-23(30)28-15-13-27(14-16-28)17-22-24-25-26-29(22)19-6-10-21(32-2)11-7-19/h3-12H,13-17H2,1-2H3/b12-5-. The Bertz CT molecular complexity index is 1050. The smallest absolute Gasteiger partial charge is 0.246 e. The minimum atomic E-state index is 0.0172. The third-order valence-electron chi connectivity index (χ3n) is 5.43. The van der Waals surface area contributed by atoms with Crippen LogP contribution < -0.4 is 9.47 Å². The normalized spacial score (nSPS) is 14.6. The molecule has 9 heteroatoms. The molecular weight excluding hydrogens is 408 g/mol. The van der Waals surface area contributed by atoms with Crippen molar-refractivity contribution < 1.29 is 14.3 Å². The number of aromatic nitrogens is 4. The van der Waals surface area contributed by atoms with Gasteiger partial charge in [0.15, 0.2) is 5.82 Å². The lowest BCUT2D eigenvalue weighted by Gasteiger charge is -2.33. The zero-order chi connectivity index (χ0) is 22.3. The summed E-state index contributed by atoms with van der Waals surface area (Å²) < 4.78 is 12.1. The third-order valence-corrected chi connectivity index (χ3v) is 5.43. The van der Waals surface area contributed by atoms with Gasteiger partial charge in [0.2, 0.25) is 5.91 Å². The number of tetrazole rings is 1. The molecule has 0 bridgehead atoms. The molecule has 4 rings (SSSR count). The van der Waals surface area contributed by atoms with Crippen LogP contribution in [0.2, 0.25) is 0 Å². The first-order valence-electron chi connectivity index (χ1n) is 10.4. The molecule has 0 N–H and O–H groups in total. The molecule has 0 aliphatic carbocycles. The van der Waals surface area contributed by atoms with Crippen LogP contribution in [0.4, 0.5) is 0 Å². The van der Waals surface area contributed by atoms with E-state index < -0.39 is 0 Å². The number of hydrogen-bond acceptors (Lipinski definition) is 7. The lowest BCUT2D eigenvalue weighted by molar-refractivity contribution is -0.127. The topological polar surface area (TPSA) is 85.6 Å². The van der Waals surface area contributed by atoms with Crippen molar-refractivity contribution in [3.63, 3.8) is 0 Å². The van der Waals surface area contributed by atoms with Crippen molar-refractivity contribution in [3.8, 4) is 17.2 Å². The molecule has 1 aliphatic rings. The van der Waals surface area contributed by atoms with Gasteiger partial charge < -0.3 is 14.4 Å². The van der Waals surface area contributed by atoms with E-state index in [0.717, 1.165) is 41.7 Å². The SMILES string of the molecule is COc1ccc(/C=C\C(=O)N2CCN(Cc3nnnn3-c3ccc(OC)cc3)CC2)cc1. The van der Waals surface area contributed by atoms with Crippen molar-refractivity contribution in [2.45, 2.75) is 6.54 Å². The summed E-state index contributed by atoms with van der Waals surface area (Å²) in [4.78, 5) is 16.7. The van der Waals surface area contributed by atoms with E-state index in [1.807, 2.05) is 59.5 Å². The summed E-state index contributed by atoms with van der Waals surface area (Å²) in [6.45, 7) is 3.46. The minimum Gasteiger partial charge on any atom is -0.497 e. The Kier molecular flexibility index (Phi) is 6.76. The number of rotatable bonds is 7. The Balaban J connectivity index is 1.31. The average molecular weight is 435 g/mol. The van der Waals surface area contributed by atoms with Crippen LogP contribution in [0.25, 0.3) is 11.8 Å². The molecule has 3 aromatic rings. The fraction of sp³-hybridized carbons (Fsp3) is 0.304. The molecule has 0 atom stereocenters. The number of piperazine rings is 1. The van der Waals surface area contributed by atoms with Gasteiger partial charge >= 0.3 is 0 Å². The molecule has 0 radical (unpaired) electrons. The lowest BCUT2D eigenvalue weighted by Crippen LogP contribution is -2.48. The zero-order valence-electron chi connectivity index (χ0n) is 18.2. The van der Waals surface area contributed by atoms with E-state index in [9.17, 15) is 4.79 Å². The quantitative estimate of drug-likeness (QED) is 0.526. The molecule has 9 nitrogen and oxygen atoms in total.